The number of hydrogen-bond acceptors (Lipinski definition) is 0. The maximum Gasteiger partial charge on any atom is 0.0623 e. The fraction of sp³-hybridized carbons (Fsp3) is 0.538. The Balaban J connectivity index is 2.40. The van der Waals surface area contributed by atoms with Crippen molar-refractivity contribution in [3.8, 4) is 0 Å². The van der Waals surface area contributed by atoms with Crippen LogP contribution < -0.4 is 0 Å². The number of fused-ring (bicyclic) bond motifs is 1. The van der Waals surface area contributed by atoms with E-state index in [1.165, 1.54) is 30.4 Å². The van der Waals surface area contributed by atoms with Crippen LogP contribution in [0.25, 0.3) is 0 Å². The molecule has 0 radical (unpaired) electrons. The summed E-state index contributed by atoms with van der Waals surface area (Å²) in [5.74, 6) is 1.45. The van der Waals surface area contributed by atoms with Crippen molar-refractivity contribution in [2.75, 3.05) is 0 Å². The van der Waals surface area contributed by atoms with Gasteiger partial charge in [0.1, 0.15) is 0 Å². The van der Waals surface area contributed by atoms with Gasteiger partial charge in [-0.25, -0.2) is 0 Å². The molecule has 0 amide bonds. The van der Waals surface area contributed by atoms with Gasteiger partial charge in [0, 0.05) is 0 Å². The Morgan fingerprint density at radius 3 is 3.08 bits per heavy atom. The van der Waals surface area contributed by atoms with Crippen molar-refractivity contribution < 1.29 is 1.37 Å². The zero-order chi connectivity index (χ0) is 10.1. The van der Waals surface area contributed by atoms with E-state index < -0.39 is 0 Å². The summed E-state index contributed by atoms with van der Waals surface area (Å²) in [6.45, 7) is 4.60. The Hall–Kier alpha value is -0.780. The van der Waals surface area contributed by atoms with E-state index >= 15 is 0 Å². The van der Waals surface area contributed by atoms with Crippen molar-refractivity contribution in [1.29, 1.82) is 0 Å². The van der Waals surface area contributed by atoms with Gasteiger partial charge in [-0.05, 0) is 42.2 Å². The summed E-state index contributed by atoms with van der Waals surface area (Å²) in [6.07, 6.45) is 3.78. The molecular formula is C13H18. The summed E-state index contributed by atoms with van der Waals surface area (Å²) in [5, 5.41) is 0. The molecule has 0 heteroatoms. The van der Waals surface area contributed by atoms with Crippen LogP contribution >= 0.6 is 0 Å². The number of rotatable bonds is 1. The van der Waals surface area contributed by atoms with Crippen LogP contribution in [0.4, 0.5) is 0 Å². The van der Waals surface area contributed by atoms with Gasteiger partial charge in [0.25, 0.3) is 0 Å². The first-order chi connectivity index (χ1) is 6.68. The maximum atomic E-state index is 7.61. The van der Waals surface area contributed by atoms with Crippen molar-refractivity contribution >= 4 is 0 Å². The predicted molar refractivity (Wildman–Crippen MR) is 57.0 cm³/mol. The third kappa shape index (κ3) is 1.63. The molecule has 1 atom stereocenters. The molecule has 0 fully saturated rings. The minimum Gasteiger partial charge on any atom is -0.0622 e. The Kier molecular flexibility index (Phi) is 2.07. The van der Waals surface area contributed by atoms with E-state index in [4.69, 9.17) is 1.37 Å². The van der Waals surface area contributed by atoms with Gasteiger partial charge in [0.05, 0.1) is 1.37 Å². The SMILES string of the molecule is [3H]c1ccc2c(c1)CCCC2C(C)C. The lowest BCUT2D eigenvalue weighted by molar-refractivity contribution is 0.433. The van der Waals surface area contributed by atoms with Crippen LogP contribution in [0.2, 0.25) is 0 Å². The minimum atomic E-state index is 0.660. The minimum absolute atomic E-state index is 0.660. The van der Waals surface area contributed by atoms with Crippen LogP contribution in [0.3, 0.4) is 0 Å². The molecule has 0 heterocycles. The molecule has 0 bridgehead atoms. The van der Waals surface area contributed by atoms with Gasteiger partial charge < -0.3 is 0 Å². The lowest BCUT2D eigenvalue weighted by Crippen LogP contribution is -2.14. The molecular weight excluding hydrogens is 156 g/mol. The summed E-state index contributed by atoms with van der Waals surface area (Å²) >= 11 is 0. The van der Waals surface area contributed by atoms with E-state index in [9.17, 15) is 0 Å². The molecule has 13 heavy (non-hydrogen) atoms. The van der Waals surface area contributed by atoms with Crippen molar-refractivity contribution in [3.63, 3.8) is 0 Å². The van der Waals surface area contributed by atoms with Gasteiger partial charge in [-0.15, -0.1) is 0 Å². The molecule has 2 rings (SSSR count). The molecule has 0 aliphatic heterocycles. The third-order valence-corrected chi connectivity index (χ3v) is 3.15. The number of aryl methyl sites for hydroxylation is 1. The van der Waals surface area contributed by atoms with E-state index in [1.807, 2.05) is 12.1 Å². The molecule has 0 aromatic heterocycles. The topological polar surface area (TPSA) is 0 Å². The molecule has 1 aromatic carbocycles. The summed E-state index contributed by atoms with van der Waals surface area (Å²) < 4.78 is 7.61. The van der Waals surface area contributed by atoms with Crippen LogP contribution in [0.15, 0.2) is 24.2 Å². The van der Waals surface area contributed by atoms with E-state index in [0.29, 0.717) is 6.04 Å². The highest BCUT2D eigenvalue weighted by Crippen LogP contribution is 2.36. The zero-order valence-electron chi connectivity index (χ0n) is 9.51. The van der Waals surface area contributed by atoms with Gasteiger partial charge in [0.15, 0.2) is 0 Å². The standard InChI is InChI=1S/C13H18/c1-10(2)12-9-5-7-11-6-3-4-8-13(11)12/h3-4,6,8,10,12H,5,7,9H2,1-2H3/i3T. The fourth-order valence-corrected chi connectivity index (χ4v) is 2.42. The molecule has 0 saturated heterocycles. The Morgan fingerprint density at radius 2 is 2.31 bits per heavy atom. The van der Waals surface area contributed by atoms with Crippen LogP contribution in [0, 0.1) is 5.92 Å². The highest BCUT2D eigenvalue weighted by molar-refractivity contribution is 5.32. The van der Waals surface area contributed by atoms with E-state index in [-0.39, 0.29) is 0 Å². The van der Waals surface area contributed by atoms with E-state index in [2.05, 4.69) is 19.9 Å². The van der Waals surface area contributed by atoms with Crippen LogP contribution in [0.1, 0.15) is 45.1 Å². The predicted octanol–water partition coefficient (Wildman–Crippen LogP) is 3.76. The second-order valence-corrected chi connectivity index (χ2v) is 4.37. The van der Waals surface area contributed by atoms with Crippen molar-refractivity contribution in [2.24, 2.45) is 5.92 Å². The summed E-state index contributed by atoms with van der Waals surface area (Å²) in [7, 11) is 0. The van der Waals surface area contributed by atoms with E-state index in [0.717, 1.165) is 11.8 Å². The monoisotopic (exact) mass is 176 g/mol. The lowest BCUT2D eigenvalue weighted by Gasteiger charge is -2.28. The maximum absolute atomic E-state index is 7.61. The number of hydrogen-bond donors (Lipinski definition) is 0. The second kappa shape index (κ2) is 3.53. The van der Waals surface area contributed by atoms with Gasteiger partial charge in [-0.1, -0.05) is 38.1 Å². The fourth-order valence-electron chi connectivity index (χ4n) is 2.42. The molecule has 70 valence electrons. The Bertz CT molecular complexity index is 328. The normalized spacial score (nSPS) is 22.7. The quantitative estimate of drug-likeness (QED) is 0.611. The molecule has 0 spiro atoms. The molecule has 1 unspecified atom stereocenters. The second-order valence-electron chi connectivity index (χ2n) is 4.37. The molecule has 0 nitrogen and oxygen atoms in total. The van der Waals surface area contributed by atoms with Gasteiger partial charge >= 0.3 is 0 Å². The van der Waals surface area contributed by atoms with Gasteiger partial charge in [0.2, 0.25) is 0 Å². The summed E-state index contributed by atoms with van der Waals surface area (Å²) in [4.78, 5) is 0. The molecule has 1 aromatic rings. The highest BCUT2D eigenvalue weighted by atomic mass is 14.3. The Morgan fingerprint density at radius 1 is 1.46 bits per heavy atom. The van der Waals surface area contributed by atoms with Crippen molar-refractivity contribution in [1.82, 2.24) is 0 Å². The smallest absolute Gasteiger partial charge is 0.0622 e. The third-order valence-electron chi connectivity index (χ3n) is 3.15. The first-order valence-corrected chi connectivity index (χ1v) is 5.28. The molecule has 0 N–H and O–H groups in total. The van der Waals surface area contributed by atoms with Gasteiger partial charge in [-0.3, -0.25) is 0 Å². The summed E-state index contributed by atoms with van der Waals surface area (Å²) in [5.41, 5.74) is 2.92. The highest BCUT2D eigenvalue weighted by Gasteiger charge is 2.21. The average Bonchev–Trinajstić information content (AvgIpc) is 2.16. The van der Waals surface area contributed by atoms with Crippen LogP contribution in [0.5, 0.6) is 0 Å². The molecule has 0 saturated carbocycles. The van der Waals surface area contributed by atoms with Crippen molar-refractivity contribution in [3.05, 3.63) is 35.4 Å². The van der Waals surface area contributed by atoms with Gasteiger partial charge in [-0.2, -0.15) is 0 Å². The first-order valence-electron chi connectivity index (χ1n) is 5.78. The average molecular weight is 176 g/mol. The van der Waals surface area contributed by atoms with Crippen molar-refractivity contribution in [2.45, 2.75) is 39.0 Å². The zero-order valence-corrected chi connectivity index (χ0v) is 8.51. The van der Waals surface area contributed by atoms with E-state index in [1.54, 1.807) is 0 Å². The van der Waals surface area contributed by atoms with Crippen LogP contribution in [-0.2, 0) is 6.42 Å². The molecule has 1 aliphatic rings. The Labute approximate surface area is 82.4 Å². The lowest BCUT2D eigenvalue weighted by atomic mass is 9.77. The number of benzene rings is 1. The summed E-state index contributed by atoms with van der Waals surface area (Å²) in [6, 6.07) is 6.80. The first kappa shape index (κ1) is 7.61. The molecule has 1 aliphatic carbocycles. The largest absolute Gasteiger partial charge is 0.0623 e. The van der Waals surface area contributed by atoms with Crippen LogP contribution in [-0.4, -0.2) is 0 Å².